The van der Waals surface area contributed by atoms with Crippen molar-refractivity contribution in [3.8, 4) is 5.75 Å². The van der Waals surface area contributed by atoms with Gasteiger partial charge in [-0.15, -0.1) is 0 Å². The zero-order chi connectivity index (χ0) is 14.3. The van der Waals surface area contributed by atoms with Crippen LogP contribution in [0.2, 0.25) is 5.02 Å². The molecular weight excluding hydrogens is 265 g/mol. The molecule has 1 unspecified atom stereocenters. The van der Waals surface area contributed by atoms with Gasteiger partial charge in [0.1, 0.15) is 11.6 Å². The SMILES string of the molecule is CC(C)CNCCCC(C)Oc1ccc(Cl)c(F)c1. The average molecular weight is 288 g/mol. The molecule has 0 fully saturated rings. The molecule has 19 heavy (non-hydrogen) atoms. The number of rotatable bonds is 8. The second-order valence-electron chi connectivity index (χ2n) is 5.24. The van der Waals surface area contributed by atoms with Crippen molar-refractivity contribution in [2.75, 3.05) is 13.1 Å². The summed E-state index contributed by atoms with van der Waals surface area (Å²) >= 11 is 5.62. The van der Waals surface area contributed by atoms with Gasteiger partial charge in [-0.1, -0.05) is 25.4 Å². The third kappa shape index (κ3) is 6.79. The summed E-state index contributed by atoms with van der Waals surface area (Å²) in [6, 6.07) is 4.54. The van der Waals surface area contributed by atoms with Crippen LogP contribution in [-0.2, 0) is 0 Å². The Morgan fingerprint density at radius 1 is 1.32 bits per heavy atom. The number of nitrogens with one attached hydrogen (secondary N) is 1. The fourth-order valence-corrected chi connectivity index (χ4v) is 1.86. The molecule has 4 heteroatoms. The molecule has 0 bridgehead atoms. The Kier molecular flexibility index (Phi) is 7.17. The summed E-state index contributed by atoms with van der Waals surface area (Å²) in [5.41, 5.74) is 0. The molecule has 1 atom stereocenters. The van der Waals surface area contributed by atoms with Gasteiger partial charge < -0.3 is 10.1 Å². The number of halogens is 2. The van der Waals surface area contributed by atoms with Crippen molar-refractivity contribution in [2.45, 2.75) is 39.7 Å². The lowest BCUT2D eigenvalue weighted by atomic mass is 10.2. The van der Waals surface area contributed by atoms with E-state index in [9.17, 15) is 4.39 Å². The Balaban J connectivity index is 2.23. The predicted octanol–water partition coefficient (Wildman–Crippen LogP) is 4.27. The highest BCUT2D eigenvalue weighted by Crippen LogP contribution is 2.21. The second-order valence-corrected chi connectivity index (χ2v) is 5.65. The molecule has 1 aromatic carbocycles. The lowest BCUT2D eigenvalue weighted by Gasteiger charge is -2.15. The number of hydrogen-bond donors (Lipinski definition) is 1. The summed E-state index contributed by atoms with van der Waals surface area (Å²) in [5.74, 6) is 0.764. The average Bonchev–Trinajstić information content (AvgIpc) is 2.33. The third-order valence-electron chi connectivity index (χ3n) is 2.75. The highest BCUT2D eigenvalue weighted by atomic mass is 35.5. The second kappa shape index (κ2) is 8.39. The van der Waals surface area contributed by atoms with Crippen LogP contribution in [0.5, 0.6) is 5.75 Å². The van der Waals surface area contributed by atoms with Crippen LogP contribution in [-0.4, -0.2) is 19.2 Å². The van der Waals surface area contributed by atoms with Gasteiger partial charge in [0.25, 0.3) is 0 Å². The van der Waals surface area contributed by atoms with E-state index in [2.05, 4.69) is 19.2 Å². The molecule has 1 aromatic rings. The molecule has 0 aliphatic heterocycles. The first-order chi connectivity index (χ1) is 8.99. The minimum Gasteiger partial charge on any atom is -0.491 e. The lowest BCUT2D eigenvalue weighted by molar-refractivity contribution is 0.206. The number of benzene rings is 1. The molecule has 0 aromatic heterocycles. The van der Waals surface area contributed by atoms with E-state index < -0.39 is 5.82 Å². The molecule has 0 spiro atoms. The van der Waals surface area contributed by atoms with Crippen molar-refractivity contribution in [3.05, 3.63) is 29.0 Å². The van der Waals surface area contributed by atoms with Crippen LogP contribution in [0.15, 0.2) is 18.2 Å². The fraction of sp³-hybridized carbons (Fsp3) is 0.600. The first kappa shape index (κ1) is 16.3. The first-order valence-corrected chi connectivity index (χ1v) is 7.19. The quantitative estimate of drug-likeness (QED) is 0.721. The van der Waals surface area contributed by atoms with Crippen molar-refractivity contribution < 1.29 is 9.13 Å². The van der Waals surface area contributed by atoms with Gasteiger partial charge >= 0.3 is 0 Å². The highest BCUT2D eigenvalue weighted by Gasteiger charge is 2.06. The minimum atomic E-state index is -0.440. The van der Waals surface area contributed by atoms with E-state index in [1.54, 1.807) is 6.07 Å². The molecule has 0 aliphatic carbocycles. The Morgan fingerprint density at radius 2 is 2.05 bits per heavy atom. The van der Waals surface area contributed by atoms with E-state index in [1.807, 2.05) is 6.92 Å². The van der Waals surface area contributed by atoms with Gasteiger partial charge in [0, 0.05) is 6.07 Å². The summed E-state index contributed by atoms with van der Waals surface area (Å²) in [5, 5.41) is 3.51. The molecule has 0 saturated carbocycles. The van der Waals surface area contributed by atoms with E-state index >= 15 is 0 Å². The van der Waals surface area contributed by atoms with E-state index in [0.717, 1.165) is 25.9 Å². The molecule has 2 nitrogen and oxygen atoms in total. The van der Waals surface area contributed by atoms with Crippen molar-refractivity contribution in [1.82, 2.24) is 5.32 Å². The molecule has 0 aliphatic rings. The van der Waals surface area contributed by atoms with Crippen molar-refractivity contribution in [2.24, 2.45) is 5.92 Å². The van der Waals surface area contributed by atoms with E-state index in [0.29, 0.717) is 11.7 Å². The maximum atomic E-state index is 13.2. The zero-order valence-electron chi connectivity index (χ0n) is 11.9. The molecule has 1 N–H and O–H groups in total. The monoisotopic (exact) mass is 287 g/mol. The lowest BCUT2D eigenvalue weighted by Crippen LogP contribution is -2.22. The summed E-state index contributed by atoms with van der Waals surface area (Å²) in [4.78, 5) is 0. The molecule has 1 rings (SSSR count). The van der Waals surface area contributed by atoms with Gasteiger partial charge in [-0.05, 0) is 50.9 Å². The predicted molar refractivity (Wildman–Crippen MR) is 78.4 cm³/mol. The number of hydrogen-bond acceptors (Lipinski definition) is 2. The summed E-state index contributed by atoms with van der Waals surface area (Å²) in [7, 11) is 0. The van der Waals surface area contributed by atoms with Crippen LogP contribution in [0, 0.1) is 11.7 Å². The first-order valence-electron chi connectivity index (χ1n) is 6.81. The Bertz CT molecular complexity index is 384. The third-order valence-corrected chi connectivity index (χ3v) is 3.05. The van der Waals surface area contributed by atoms with Crippen LogP contribution in [0.4, 0.5) is 4.39 Å². The standard InChI is InChI=1S/C15H23ClFNO/c1-11(2)10-18-8-4-5-12(3)19-13-6-7-14(16)15(17)9-13/h6-7,9,11-12,18H,4-5,8,10H2,1-3H3. The molecular formula is C15H23ClFNO. The van der Waals surface area contributed by atoms with Crippen LogP contribution < -0.4 is 10.1 Å². The van der Waals surface area contributed by atoms with Gasteiger partial charge in [-0.25, -0.2) is 4.39 Å². The number of ether oxygens (including phenoxy) is 1. The van der Waals surface area contributed by atoms with Gasteiger partial charge in [0.05, 0.1) is 11.1 Å². The molecule has 108 valence electrons. The van der Waals surface area contributed by atoms with Crippen LogP contribution in [0.3, 0.4) is 0 Å². The minimum absolute atomic E-state index is 0.0708. The van der Waals surface area contributed by atoms with E-state index in [4.69, 9.17) is 16.3 Å². The normalized spacial score (nSPS) is 12.7. The highest BCUT2D eigenvalue weighted by molar-refractivity contribution is 6.30. The maximum Gasteiger partial charge on any atom is 0.145 e. The Hall–Kier alpha value is -0.800. The van der Waals surface area contributed by atoms with Crippen molar-refractivity contribution >= 4 is 11.6 Å². The Labute approximate surface area is 120 Å². The van der Waals surface area contributed by atoms with Gasteiger partial charge in [0.15, 0.2) is 0 Å². The molecule has 0 heterocycles. The smallest absolute Gasteiger partial charge is 0.145 e. The van der Waals surface area contributed by atoms with Gasteiger partial charge in [-0.3, -0.25) is 0 Å². The van der Waals surface area contributed by atoms with Gasteiger partial charge in [-0.2, -0.15) is 0 Å². The maximum absolute atomic E-state index is 13.2. The summed E-state index contributed by atoms with van der Waals surface area (Å²) in [6.45, 7) is 8.40. The van der Waals surface area contributed by atoms with Crippen LogP contribution in [0.25, 0.3) is 0 Å². The molecule has 0 saturated heterocycles. The largest absolute Gasteiger partial charge is 0.491 e. The summed E-state index contributed by atoms with van der Waals surface area (Å²) < 4.78 is 18.9. The summed E-state index contributed by atoms with van der Waals surface area (Å²) in [6.07, 6.45) is 2.06. The fourth-order valence-electron chi connectivity index (χ4n) is 1.75. The molecule has 0 amide bonds. The van der Waals surface area contributed by atoms with Crippen LogP contribution in [0.1, 0.15) is 33.6 Å². The van der Waals surface area contributed by atoms with E-state index in [1.165, 1.54) is 12.1 Å². The Morgan fingerprint density at radius 3 is 2.68 bits per heavy atom. The van der Waals surface area contributed by atoms with Gasteiger partial charge in [0.2, 0.25) is 0 Å². The van der Waals surface area contributed by atoms with Crippen molar-refractivity contribution in [1.29, 1.82) is 0 Å². The van der Waals surface area contributed by atoms with E-state index in [-0.39, 0.29) is 11.1 Å². The zero-order valence-corrected chi connectivity index (χ0v) is 12.6. The van der Waals surface area contributed by atoms with Crippen LogP contribution >= 0.6 is 11.6 Å². The molecule has 0 radical (unpaired) electrons. The topological polar surface area (TPSA) is 21.3 Å². The van der Waals surface area contributed by atoms with Crippen molar-refractivity contribution in [3.63, 3.8) is 0 Å².